The predicted molar refractivity (Wildman–Crippen MR) is 112 cm³/mol. The van der Waals surface area contributed by atoms with Crippen LogP contribution >= 0.6 is 11.3 Å². The SMILES string of the molecule is CCCN(Cc1nnc(-c2cccs2)o1)C(=O)COC(=O)C1CC1c1ccc(F)cc1. The number of ether oxygens (including phenoxy) is 1. The minimum Gasteiger partial charge on any atom is -0.455 e. The lowest BCUT2D eigenvalue weighted by Gasteiger charge is -2.20. The van der Waals surface area contributed by atoms with Crippen LogP contribution in [-0.4, -0.2) is 40.1 Å². The van der Waals surface area contributed by atoms with Crippen LogP contribution in [0.4, 0.5) is 4.39 Å². The van der Waals surface area contributed by atoms with Crippen LogP contribution in [-0.2, 0) is 20.9 Å². The van der Waals surface area contributed by atoms with Crippen LogP contribution in [0.2, 0.25) is 0 Å². The van der Waals surface area contributed by atoms with E-state index in [2.05, 4.69) is 10.2 Å². The molecule has 0 spiro atoms. The second-order valence-corrected chi connectivity index (χ2v) is 8.35. The van der Waals surface area contributed by atoms with Gasteiger partial charge in [0.05, 0.1) is 17.3 Å². The summed E-state index contributed by atoms with van der Waals surface area (Å²) < 4.78 is 24.0. The molecule has 0 radical (unpaired) electrons. The van der Waals surface area contributed by atoms with Gasteiger partial charge < -0.3 is 14.1 Å². The van der Waals surface area contributed by atoms with Crippen LogP contribution in [0.3, 0.4) is 0 Å². The fraction of sp³-hybridized carbons (Fsp3) is 0.364. The van der Waals surface area contributed by atoms with Gasteiger partial charge >= 0.3 is 5.97 Å². The Hall–Kier alpha value is -3.07. The molecule has 2 unspecified atom stereocenters. The van der Waals surface area contributed by atoms with Gasteiger partial charge in [-0.2, -0.15) is 0 Å². The van der Waals surface area contributed by atoms with Crippen LogP contribution in [0.1, 0.15) is 37.1 Å². The Balaban J connectivity index is 1.29. The van der Waals surface area contributed by atoms with E-state index < -0.39 is 5.97 Å². The average Bonchev–Trinajstić information content (AvgIpc) is 3.14. The summed E-state index contributed by atoms with van der Waals surface area (Å²) in [4.78, 5) is 27.4. The molecule has 0 saturated heterocycles. The van der Waals surface area contributed by atoms with Gasteiger partial charge in [-0.1, -0.05) is 25.1 Å². The van der Waals surface area contributed by atoms with Gasteiger partial charge in [0.1, 0.15) is 5.82 Å². The number of benzene rings is 1. The minimum atomic E-state index is -0.406. The van der Waals surface area contributed by atoms with Crippen molar-refractivity contribution < 1.29 is 23.1 Å². The van der Waals surface area contributed by atoms with Gasteiger partial charge in [0.2, 0.25) is 5.89 Å². The Morgan fingerprint density at radius 2 is 2.06 bits per heavy atom. The first-order valence-electron chi connectivity index (χ1n) is 10.1. The summed E-state index contributed by atoms with van der Waals surface area (Å²) in [6.45, 7) is 2.25. The lowest BCUT2D eigenvalue weighted by molar-refractivity contribution is -0.153. The van der Waals surface area contributed by atoms with Crippen molar-refractivity contribution in [1.29, 1.82) is 0 Å². The molecule has 162 valence electrons. The average molecular weight is 444 g/mol. The quantitative estimate of drug-likeness (QED) is 0.464. The molecule has 0 bridgehead atoms. The summed E-state index contributed by atoms with van der Waals surface area (Å²) in [5.41, 5.74) is 0.903. The molecular weight excluding hydrogens is 421 g/mol. The van der Waals surface area contributed by atoms with Crippen molar-refractivity contribution in [2.75, 3.05) is 13.2 Å². The number of carbonyl (C=O) groups excluding carboxylic acids is 2. The van der Waals surface area contributed by atoms with E-state index in [9.17, 15) is 14.0 Å². The van der Waals surface area contributed by atoms with Crippen molar-refractivity contribution in [2.24, 2.45) is 5.92 Å². The van der Waals surface area contributed by atoms with Crippen LogP contribution in [0.25, 0.3) is 10.8 Å². The van der Waals surface area contributed by atoms with Crippen LogP contribution < -0.4 is 0 Å². The molecule has 1 fully saturated rings. The van der Waals surface area contributed by atoms with Crippen LogP contribution in [0.15, 0.2) is 46.2 Å². The molecule has 1 aliphatic rings. The molecule has 0 aliphatic heterocycles. The van der Waals surface area contributed by atoms with Crippen molar-refractivity contribution in [1.82, 2.24) is 15.1 Å². The zero-order valence-electron chi connectivity index (χ0n) is 17.0. The third-order valence-corrected chi connectivity index (χ3v) is 5.96. The maximum absolute atomic E-state index is 13.1. The van der Waals surface area contributed by atoms with E-state index in [4.69, 9.17) is 9.15 Å². The fourth-order valence-electron chi connectivity index (χ4n) is 3.41. The number of carbonyl (C=O) groups is 2. The van der Waals surface area contributed by atoms with Crippen LogP contribution in [0, 0.1) is 11.7 Å². The van der Waals surface area contributed by atoms with E-state index in [1.165, 1.54) is 23.5 Å². The van der Waals surface area contributed by atoms with E-state index in [1.54, 1.807) is 17.0 Å². The Morgan fingerprint density at radius 3 is 2.77 bits per heavy atom. The number of nitrogens with zero attached hydrogens (tertiary/aromatic N) is 3. The topological polar surface area (TPSA) is 85.5 Å². The lowest BCUT2D eigenvalue weighted by Crippen LogP contribution is -2.35. The Kier molecular flexibility index (Phi) is 6.41. The molecule has 1 saturated carbocycles. The number of aromatic nitrogens is 2. The third-order valence-electron chi connectivity index (χ3n) is 5.10. The van der Waals surface area contributed by atoms with E-state index in [1.807, 2.05) is 24.4 Å². The van der Waals surface area contributed by atoms with E-state index >= 15 is 0 Å². The fourth-order valence-corrected chi connectivity index (χ4v) is 4.05. The first-order valence-corrected chi connectivity index (χ1v) is 11.0. The molecule has 1 aliphatic carbocycles. The number of hydrogen-bond donors (Lipinski definition) is 0. The zero-order valence-corrected chi connectivity index (χ0v) is 17.8. The van der Waals surface area contributed by atoms with Crippen molar-refractivity contribution in [3.63, 3.8) is 0 Å². The van der Waals surface area contributed by atoms with Crippen molar-refractivity contribution in [3.05, 3.63) is 59.0 Å². The van der Waals surface area contributed by atoms with Gasteiger partial charge in [-0.15, -0.1) is 21.5 Å². The molecule has 31 heavy (non-hydrogen) atoms. The highest BCUT2D eigenvalue weighted by atomic mass is 32.1. The van der Waals surface area contributed by atoms with Crippen LogP contribution in [0.5, 0.6) is 0 Å². The minimum absolute atomic E-state index is 0.0176. The summed E-state index contributed by atoms with van der Waals surface area (Å²) >= 11 is 1.49. The molecular formula is C22H22FN3O4S. The largest absolute Gasteiger partial charge is 0.455 e. The maximum atomic E-state index is 13.1. The maximum Gasteiger partial charge on any atom is 0.310 e. The number of rotatable bonds is 9. The second-order valence-electron chi connectivity index (χ2n) is 7.40. The third kappa shape index (κ3) is 5.16. The lowest BCUT2D eigenvalue weighted by atomic mass is 10.1. The normalized spacial score (nSPS) is 17.4. The Bertz CT molecular complexity index is 1040. The molecule has 2 aromatic heterocycles. The number of halogens is 1. The summed E-state index contributed by atoms with van der Waals surface area (Å²) in [5.74, 6) is -0.557. The molecule has 7 nitrogen and oxygen atoms in total. The predicted octanol–water partition coefficient (Wildman–Crippen LogP) is 4.02. The number of hydrogen-bond acceptors (Lipinski definition) is 7. The van der Waals surface area contributed by atoms with E-state index in [0.717, 1.165) is 16.9 Å². The van der Waals surface area contributed by atoms with E-state index in [-0.39, 0.29) is 36.7 Å². The highest BCUT2D eigenvalue weighted by Gasteiger charge is 2.45. The Labute approximate surface area is 182 Å². The van der Waals surface area contributed by atoms with Crippen molar-refractivity contribution in [2.45, 2.75) is 32.2 Å². The highest BCUT2D eigenvalue weighted by Crippen LogP contribution is 2.48. The van der Waals surface area contributed by atoms with Gasteiger partial charge in [-0.3, -0.25) is 9.59 Å². The Morgan fingerprint density at radius 1 is 1.26 bits per heavy atom. The van der Waals surface area contributed by atoms with Crippen molar-refractivity contribution in [3.8, 4) is 10.8 Å². The molecule has 4 rings (SSSR count). The molecule has 0 N–H and O–H groups in total. The van der Waals surface area contributed by atoms with Gasteiger partial charge in [0, 0.05) is 6.54 Å². The first kappa shape index (κ1) is 21.2. The first-order chi connectivity index (χ1) is 15.0. The molecule has 9 heteroatoms. The summed E-state index contributed by atoms with van der Waals surface area (Å²) in [5, 5.41) is 9.97. The smallest absolute Gasteiger partial charge is 0.310 e. The molecule has 2 heterocycles. The van der Waals surface area contributed by atoms with E-state index in [0.29, 0.717) is 24.7 Å². The second kappa shape index (κ2) is 9.38. The number of amides is 1. The molecule has 1 amide bonds. The summed E-state index contributed by atoms with van der Waals surface area (Å²) in [7, 11) is 0. The zero-order chi connectivity index (χ0) is 21.8. The monoisotopic (exact) mass is 443 g/mol. The summed E-state index contributed by atoms with van der Waals surface area (Å²) in [6.07, 6.45) is 1.38. The highest BCUT2D eigenvalue weighted by molar-refractivity contribution is 7.13. The number of thiophene rings is 1. The van der Waals surface area contributed by atoms with Gasteiger partial charge in [0.15, 0.2) is 6.61 Å². The van der Waals surface area contributed by atoms with Gasteiger partial charge in [0.25, 0.3) is 11.8 Å². The molecule has 1 aromatic carbocycles. The van der Waals surface area contributed by atoms with Gasteiger partial charge in [-0.25, -0.2) is 4.39 Å². The molecule has 3 aromatic rings. The summed E-state index contributed by atoms with van der Waals surface area (Å²) in [6, 6.07) is 9.89. The van der Waals surface area contributed by atoms with Crippen molar-refractivity contribution >= 4 is 23.2 Å². The molecule has 2 atom stereocenters. The van der Waals surface area contributed by atoms with Gasteiger partial charge in [-0.05, 0) is 47.9 Å². The standard InChI is InChI=1S/C22H22FN3O4S/c1-2-9-26(12-19-24-25-21(30-19)18-4-3-10-31-18)20(27)13-29-22(28)17-11-16(17)14-5-7-15(23)8-6-14/h3-8,10,16-17H,2,9,11-13H2,1H3. The number of esters is 1.